The van der Waals surface area contributed by atoms with Crippen LogP contribution in [0.5, 0.6) is 0 Å². The maximum atomic E-state index is 12.2. The monoisotopic (exact) mass is 303 g/mol. The first kappa shape index (κ1) is 17.0. The van der Waals surface area contributed by atoms with Gasteiger partial charge in [-0.25, -0.2) is 0 Å². The zero-order valence-electron chi connectivity index (χ0n) is 13.9. The SMILES string of the molecule is CCCc1ccc([C@@H](C)NC(=O)CN2CCCNCC2)cc1. The van der Waals surface area contributed by atoms with E-state index in [-0.39, 0.29) is 11.9 Å². The fourth-order valence-corrected chi connectivity index (χ4v) is 2.89. The molecule has 2 rings (SSSR count). The van der Waals surface area contributed by atoms with Gasteiger partial charge in [0.25, 0.3) is 0 Å². The van der Waals surface area contributed by atoms with Crippen LogP contribution in [0.3, 0.4) is 0 Å². The Morgan fingerprint density at radius 2 is 2.05 bits per heavy atom. The Morgan fingerprint density at radius 1 is 1.27 bits per heavy atom. The van der Waals surface area contributed by atoms with Crippen LogP contribution < -0.4 is 10.6 Å². The molecule has 0 aliphatic carbocycles. The number of benzene rings is 1. The highest BCUT2D eigenvalue weighted by Gasteiger charge is 2.15. The van der Waals surface area contributed by atoms with Gasteiger partial charge in [0.15, 0.2) is 0 Å². The molecule has 1 heterocycles. The molecule has 1 saturated heterocycles. The molecule has 0 saturated carbocycles. The minimum Gasteiger partial charge on any atom is -0.348 e. The molecular formula is C18H29N3O. The van der Waals surface area contributed by atoms with E-state index in [0.717, 1.165) is 45.4 Å². The van der Waals surface area contributed by atoms with Gasteiger partial charge in [0.2, 0.25) is 5.91 Å². The van der Waals surface area contributed by atoms with Gasteiger partial charge in [0.05, 0.1) is 12.6 Å². The Bertz CT molecular complexity index is 450. The summed E-state index contributed by atoms with van der Waals surface area (Å²) < 4.78 is 0. The summed E-state index contributed by atoms with van der Waals surface area (Å²) in [4.78, 5) is 14.4. The fraction of sp³-hybridized carbons (Fsp3) is 0.611. The lowest BCUT2D eigenvalue weighted by molar-refractivity contribution is -0.122. The van der Waals surface area contributed by atoms with Crippen molar-refractivity contribution >= 4 is 5.91 Å². The van der Waals surface area contributed by atoms with Crippen LogP contribution in [0.15, 0.2) is 24.3 Å². The third-order valence-corrected chi connectivity index (χ3v) is 4.20. The highest BCUT2D eigenvalue weighted by molar-refractivity contribution is 5.78. The summed E-state index contributed by atoms with van der Waals surface area (Å²) in [6.07, 6.45) is 3.39. The van der Waals surface area contributed by atoms with Crippen molar-refractivity contribution in [3.05, 3.63) is 35.4 Å². The maximum Gasteiger partial charge on any atom is 0.234 e. The fourth-order valence-electron chi connectivity index (χ4n) is 2.89. The molecule has 1 fully saturated rings. The molecule has 1 aliphatic rings. The van der Waals surface area contributed by atoms with Crippen LogP contribution >= 0.6 is 0 Å². The first-order valence-corrected chi connectivity index (χ1v) is 8.50. The van der Waals surface area contributed by atoms with Gasteiger partial charge < -0.3 is 10.6 Å². The second-order valence-corrected chi connectivity index (χ2v) is 6.16. The van der Waals surface area contributed by atoms with Crippen LogP contribution in [0.4, 0.5) is 0 Å². The number of carbonyl (C=O) groups excluding carboxylic acids is 1. The number of aryl methyl sites for hydroxylation is 1. The van der Waals surface area contributed by atoms with Crippen LogP contribution in [0.1, 0.15) is 43.9 Å². The molecule has 0 bridgehead atoms. The number of carbonyl (C=O) groups is 1. The number of hydrogen-bond donors (Lipinski definition) is 2. The van der Waals surface area contributed by atoms with E-state index in [9.17, 15) is 4.79 Å². The van der Waals surface area contributed by atoms with E-state index in [4.69, 9.17) is 0 Å². The summed E-state index contributed by atoms with van der Waals surface area (Å²) >= 11 is 0. The van der Waals surface area contributed by atoms with Crippen molar-refractivity contribution in [3.63, 3.8) is 0 Å². The van der Waals surface area contributed by atoms with Crippen LogP contribution in [0.25, 0.3) is 0 Å². The Hall–Kier alpha value is -1.39. The van der Waals surface area contributed by atoms with E-state index in [1.54, 1.807) is 0 Å². The van der Waals surface area contributed by atoms with Crippen LogP contribution in [-0.4, -0.2) is 43.5 Å². The van der Waals surface area contributed by atoms with E-state index in [2.05, 4.69) is 53.6 Å². The van der Waals surface area contributed by atoms with Crippen molar-refractivity contribution in [2.24, 2.45) is 0 Å². The molecule has 4 nitrogen and oxygen atoms in total. The highest BCUT2D eigenvalue weighted by atomic mass is 16.2. The summed E-state index contributed by atoms with van der Waals surface area (Å²) in [5.74, 6) is 0.118. The van der Waals surface area contributed by atoms with Gasteiger partial charge in [0.1, 0.15) is 0 Å². The van der Waals surface area contributed by atoms with Gasteiger partial charge in [-0.2, -0.15) is 0 Å². The summed E-state index contributed by atoms with van der Waals surface area (Å²) in [6, 6.07) is 8.66. The van der Waals surface area contributed by atoms with Gasteiger partial charge >= 0.3 is 0 Å². The van der Waals surface area contributed by atoms with Gasteiger partial charge in [-0.05, 0) is 44.0 Å². The number of amides is 1. The van der Waals surface area contributed by atoms with Gasteiger partial charge in [-0.1, -0.05) is 37.6 Å². The van der Waals surface area contributed by atoms with Crippen molar-refractivity contribution < 1.29 is 4.79 Å². The second kappa shape index (κ2) is 8.91. The molecule has 122 valence electrons. The maximum absolute atomic E-state index is 12.2. The molecule has 1 atom stereocenters. The molecule has 0 unspecified atom stereocenters. The molecule has 1 aliphatic heterocycles. The molecule has 0 aromatic heterocycles. The standard InChI is InChI=1S/C18H29N3O/c1-3-5-16-6-8-17(9-7-16)15(2)20-18(22)14-21-12-4-10-19-11-13-21/h6-9,15,19H,3-5,10-14H2,1-2H3,(H,20,22)/t15-/m1/s1. The molecular weight excluding hydrogens is 274 g/mol. The number of hydrogen-bond acceptors (Lipinski definition) is 3. The van der Waals surface area contributed by atoms with E-state index >= 15 is 0 Å². The minimum atomic E-state index is 0.0632. The van der Waals surface area contributed by atoms with Crippen molar-refractivity contribution in [2.75, 3.05) is 32.7 Å². The Morgan fingerprint density at radius 3 is 2.77 bits per heavy atom. The molecule has 1 aromatic carbocycles. The average molecular weight is 303 g/mol. The van der Waals surface area contributed by atoms with Crippen molar-refractivity contribution in [3.8, 4) is 0 Å². The Balaban J connectivity index is 1.82. The zero-order chi connectivity index (χ0) is 15.8. The predicted octanol–water partition coefficient (Wildman–Crippen LogP) is 2.11. The summed E-state index contributed by atoms with van der Waals surface area (Å²) in [7, 11) is 0. The number of rotatable bonds is 6. The average Bonchev–Trinajstić information content (AvgIpc) is 2.77. The van der Waals surface area contributed by atoms with Crippen molar-refractivity contribution in [1.29, 1.82) is 0 Å². The topological polar surface area (TPSA) is 44.4 Å². The van der Waals surface area contributed by atoms with Gasteiger partial charge in [-0.15, -0.1) is 0 Å². The lowest BCUT2D eigenvalue weighted by Gasteiger charge is -2.21. The van der Waals surface area contributed by atoms with Gasteiger partial charge in [-0.3, -0.25) is 9.69 Å². The first-order chi connectivity index (χ1) is 10.7. The smallest absolute Gasteiger partial charge is 0.234 e. The predicted molar refractivity (Wildman–Crippen MR) is 90.9 cm³/mol. The van der Waals surface area contributed by atoms with E-state index in [0.29, 0.717) is 6.54 Å². The van der Waals surface area contributed by atoms with Crippen LogP contribution in [-0.2, 0) is 11.2 Å². The molecule has 1 aromatic rings. The van der Waals surface area contributed by atoms with Crippen molar-refractivity contribution in [2.45, 2.75) is 39.2 Å². The lowest BCUT2D eigenvalue weighted by atomic mass is 10.0. The summed E-state index contributed by atoms with van der Waals surface area (Å²) in [5, 5.41) is 6.47. The molecule has 2 N–H and O–H groups in total. The number of nitrogens with one attached hydrogen (secondary N) is 2. The first-order valence-electron chi connectivity index (χ1n) is 8.50. The lowest BCUT2D eigenvalue weighted by Crippen LogP contribution is -2.39. The molecule has 1 amide bonds. The number of nitrogens with zero attached hydrogens (tertiary/aromatic N) is 1. The van der Waals surface area contributed by atoms with Crippen LogP contribution in [0.2, 0.25) is 0 Å². The third kappa shape index (κ3) is 5.43. The van der Waals surface area contributed by atoms with Gasteiger partial charge in [0, 0.05) is 13.1 Å². The summed E-state index contributed by atoms with van der Waals surface area (Å²) in [6.45, 7) is 8.72. The zero-order valence-corrected chi connectivity index (χ0v) is 13.9. The quantitative estimate of drug-likeness (QED) is 0.846. The normalized spacial score (nSPS) is 17.7. The van der Waals surface area contributed by atoms with Crippen LogP contribution in [0, 0.1) is 0 Å². The molecule has 22 heavy (non-hydrogen) atoms. The second-order valence-electron chi connectivity index (χ2n) is 6.16. The Kier molecular flexibility index (Phi) is 6.87. The minimum absolute atomic E-state index is 0.0632. The van der Waals surface area contributed by atoms with E-state index in [1.165, 1.54) is 11.1 Å². The molecule has 4 heteroatoms. The van der Waals surface area contributed by atoms with E-state index < -0.39 is 0 Å². The van der Waals surface area contributed by atoms with Crippen molar-refractivity contribution in [1.82, 2.24) is 15.5 Å². The summed E-state index contributed by atoms with van der Waals surface area (Å²) in [5.41, 5.74) is 2.53. The highest BCUT2D eigenvalue weighted by Crippen LogP contribution is 2.14. The molecule has 0 spiro atoms. The third-order valence-electron chi connectivity index (χ3n) is 4.20. The molecule has 0 radical (unpaired) electrons. The van der Waals surface area contributed by atoms with E-state index in [1.807, 2.05) is 0 Å². The Labute approximate surface area is 134 Å². The largest absolute Gasteiger partial charge is 0.348 e.